The molecule has 0 aliphatic carbocycles. The van der Waals surface area contributed by atoms with Crippen molar-refractivity contribution < 1.29 is 9.47 Å². The second kappa shape index (κ2) is 7.54. The molecule has 2 rings (SSSR count). The normalized spacial score (nSPS) is 14.3. The van der Waals surface area contributed by atoms with Crippen LogP contribution in [-0.2, 0) is 6.54 Å². The molecule has 0 atom stereocenters. The highest BCUT2D eigenvalue weighted by Gasteiger charge is 2.10. The fourth-order valence-electron chi connectivity index (χ4n) is 1.89. The maximum Gasteiger partial charge on any atom is 0.161 e. The molecule has 0 amide bonds. The topological polar surface area (TPSA) is 30.5 Å². The molecule has 0 spiro atoms. The van der Waals surface area contributed by atoms with Crippen LogP contribution in [0.15, 0.2) is 18.2 Å². The van der Waals surface area contributed by atoms with Crippen molar-refractivity contribution in [3.63, 3.8) is 0 Å². The molecule has 1 aliphatic heterocycles. The summed E-state index contributed by atoms with van der Waals surface area (Å²) in [5.74, 6) is 2.98. The van der Waals surface area contributed by atoms with E-state index in [2.05, 4.69) is 23.7 Å². The van der Waals surface area contributed by atoms with Crippen LogP contribution >= 0.6 is 11.8 Å². The number of ether oxygens (including phenoxy) is 2. The Bertz CT molecular complexity index is 371. The van der Waals surface area contributed by atoms with Crippen LogP contribution in [0.2, 0.25) is 0 Å². The molecule has 18 heavy (non-hydrogen) atoms. The minimum absolute atomic E-state index is 0.748. The predicted octanol–water partition coefficient (Wildman–Crippen LogP) is 2.69. The molecule has 4 heteroatoms. The second-order valence-corrected chi connectivity index (χ2v) is 5.34. The number of fused-ring (bicyclic) bond motifs is 1. The Labute approximate surface area is 113 Å². The smallest absolute Gasteiger partial charge is 0.161 e. The molecular formula is C14H21NO2S. The van der Waals surface area contributed by atoms with E-state index in [1.165, 1.54) is 17.7 Å². The molecule has 0 saturated carbocycles. The number of hydrogen-bond donors (Lipinski definition) is 1. The van der Waals surface area contributed by atoms with Gasteiger partial charge in [0.05, 0.1) is 13.2 Å². The van der Waals surface area contributed by atoms with Crippen LogP contribution in [0, 0.1) is 0 Å². The van der Waals surface area contributed by atoms with Crippen LogP contribution in [0.5, 0.6) is 11.5 Å². The van der Waals surface area contributed by atoms with Crippen molar-refractivity contribution in [2.75, 3.05) is 31.8 Å². The quantitative estimate of drug-likeness (QED) is 0.803. The van der Waals surface area contributed by atoms with E-state index in [4.69, 9.17) is 9.47 Å². The van der Waals surface area contributed by atoms with Crippen LogP contribution in [0.1, 0.15) is 18.4 Å². The van der Waals surface area contributed by atoms with E-state index in [0.29, 0.717) is 0 Å². The van der Waals surface area contributed by atoms with Crippen molar-refractivity contribution in [3.8, 4) is 11.5 Å². The molecule has 0 bridgehead atoms. The third-order valence-corrected chi connectivity index (χ3v) is 3.54. The highest BCUT2D eigenvalue weighted by Crippen LogP contribution is 2.30. The van der Waals surface area contributed by atoms with Gasteiger partial charge in [0.2, 0.25) is 0 Å². The monoisotopic (exact) mass is 267 g/mol. The maximum absolute atomic E-state index is 5.68. The van der Waals surface area contributed by atoms with Crippen LogP contribution in [0.4, 0.5) is 0 Å². The number of rotatable bonds is 6. The first-order chi connectivity index (χ1) is 8.90. The van der Waals surface area contributed by atoms with Gasteiger partial charge in [0, 0.05) is 13.0 Å². The van der Waals surface area contributed by atoms with Crippen molar-refractivity contribution in [2.45, 2.75) is 19.4 Å². The van der Waals surface area contributed by atoms with Gasteiger partial charge in [0.25, 0.3) is 0 Å². The molecule has 0 fully saturated rings. The van der Waals surface area contributed by atoms with Gasteiger partial charge in [-0.1, -0.05) is 6.07 Å². The Hall–Kier alpha value is -0.870. The van der Waals surface area contributed by atoms with E-state index < -0.39 is 0 Å². The maximum atomic E-state index is 5.68. The number of benzene rings is 1. The van der Waals surface area contributed by atoms with E-state index >= 15 is 0 Å². The van der Waals surface area contributed by atoms with Gasteiger partial charge < -0.3 is 14.8 Å². The largest absolute Gasteiger partial charge is 0.490 e. The van der Waals surface area contributed by atoms with E-state index in [1.807, 2.05) is 17.8 Å². The lowest BCUT2D eigenvalue weighted by Gasteiger charge is -2.10. The Morgan fingerprint density at radius 2 is 2.06 bits per heavy atom. The first-order valence-corrected chi connectivity index (χ1v) is 7.88. The second-order valence-electron chi connectivity index (χ2n) is 4.35. The average Bonchev–Trinajstić information content (AvgIpc) is 2.63. The summed E-state index contributed by atoms with van der Waals surface area (Å²) in [6.07, 6.45) is 4.31. The minimum Gasteiger partial charge on any atom is -0.490 e. The van der Waals surface area contributed by atoms with E-state index in [1.54, 1.807) is 0 Å². The Morgan fingerprint density at radius 3 is 2.89 bits per heavy atom. The predicted molar refractivity (Wildman–Crippen MR) is 76.8 cm³/mol. The molecule has 3 nitrogen and oxygen atoms in total. The summed E-state index contributed by atoms with van der Waals surface area (Å²) in [6, 6.07) is 6.21. The highest BCUT2D eigenvalue weighted by atomic mass is 32.2. The molecule has 100 valence electrons. The lowest BCUT2D eigenvalue weighted by atomic mass is 10.2. The summed E-state index contributed by atoms with van der Waals surface area (Å²) in [5.41, 5.74) is 1.25. The summed E-state index contributed by atoms with van der Waals surface area (Å²) in [6.45, 7) is 3.46. The summed E-state index contributed by atoms with van der Waals surface area (Å²) in [5, 5.41) is 3.45. The molecule has 1 N–H and O–H groups in total. The van der Waals surface area contributed by atoms with Crippen molar-refractivity contribution in [3.05, 3.63) is 23.8 Å². The van der Waals surface area contributed by atoms with Gasteiger partial charge in [-0.15, -0.1) is 0 Å². The Morgan fingerprint density at radius 1 is 1.22 bits per heavy atom. The van der Waals surface area contributed by atoms with Crippen molar-refractivity contribution in [1.82, 2.24) is 5.32 Å². The van der Waals surface area contributed by atoms with Gasteiger partial charge in [-0.3, -0.25) is 0 Å². The highest BCUT2D eigenvalue weighted by molar-refractivity contribution is 7.98. The van der Waals surface area contributed by atoms with Crippen LogP contribution < -0.4 is 14.8 Å². The van der Waals surface area contributed by atoms with E-state index in [-0.39, 0.29) is 0 Å². The minimum atomic E-state index is 0.748. The molecular weight excluding hydrogens is 246 g/mol. The number of thioether (sulfide) groups is 1. The third-order valence-electron chi connectivity index (χ3n) is 2.84. The molecule has 1 heterocycles. The van der Waals surface area contributed by atoms with E-state index in [0.717, 1.165) is 44.2 Å². The SMILES string of the molecule is CSCCCNCc1ccc2c(c1)OCCCO2. The summed E-state index contributed by atoms with van der Waals surface area (Å²) in [4.78, 5) is 0. The molecule has 0 radical (unpaired) electrons. The summed E-state index contributed by atoms with van der Waals surface area (Å²) >= 11 is 1.89. The first-order valence-electron chi connectivity index (χ1n) is 6.48. The van der Waals surface area contributed by atoms with Gasteiger partial charge in [0.1, 0.15) is 0 Å². The zero-order valence-electron chi connectivity index (χ0n) is 10.9. The van der Waals surface area contributed by atoms with Crippen molar-refractivity contribution >= 4 is 11.8 Å². The fraction of sp³-hybridized carbons (Fsp3) is 0.571. The lowest BCUT2D eigenvalue weighted by molar-refractivity contribution is 0.297. The van der Waals surface area contributed by atoms with Crippen LogP contribution in [0.25, 0.3) is 0 Å². The number of nitrogens with one attached hydrogen (secondary N) is 1. The van der Waals surface area contributed by atoms with Crippen molar-refractivity contribution in [2.24, 2.45) is 0 Å². The Kier molecular flexibility index (Phi) is 5.68. The van der Waals surface area contributed by atoms with Gasteiger partial charge in [0.15, 0.2) is 11.5 Å². The molecule has 0 unspecified atom stereocenters. The molecule has 1 aliphatic rings. The molecule has 1 aromatic carbocycles. The molecule has 1 aromatic rings. The van der Waals surface area contributed by atoms with Gasteiger partial charge >= 0.3 is 0 Å². The van der Waals surface area contributed by atoms with Crippen LogP contribution in [0.3, 0.4) is 0 Å². The molecule has 0 saturated heterocycles. The van der Waals surface area contributed by atoms with Gasteiger partial charge in [-0.05, 0) is 42.7 Å². The summed E-state index contributed by atoms with van der Waals surface area (Å²) in [7, 11) is 0. The Balaban J connectivity index is 1.84. The molecule has 0 aromatic heterocycles. The lowest BCUT2D eigenvalue weighted by Crippen LogP contribution is -2.15. The van der Waals surface area contributed by atoms with Crippen molar-refractivity contribution in [1.29, 1.82) is 0 Å². The third kappa shape index (κ3) is 4.10. The zero-order chi connectivity index (χ0) is 12.6. The summed E-state index contributed by atoms with van der Waals surface area (Å²) < 4.78 is 11.3. The van der Waals surface area contributed by atoms with Crippen LogP contribution in [-0.4, -0.2) is 31.8 Å². The van der Waals surface area contributed by atoms with Gasteiger partial charge in [-0.2, -0.15) is 11.8 Å². The van der Waals surface area contributed by atoms with E-state index in [9.17, 15) is 0 Å². The number of hydrogen-bond acceptors (Lipinski definition) is 4. The standard InChI is InChI=1S/C14H21NO2S/c1-18-9-2-6-15-11-12-4-5-13-14(10-12)17-8-3-7-16-13/h4-5,10,15H,2-3,6-9,11H2,1H3. The average molecular weight is 267 g/mol. The first kappa shape index (κ1) is 13.6. The fourth-order valence-corrected chi connectivity index (χ4v) is 2.32. The van der Waals surface area contributed by atoms with Gasteiger partial charge in [-0.25, -0.2) is 0 Å². The zero-order valence-corrected chi connectivity index (χ0v) is 11.7.